The largest absolute Gasteiger partial charge is 0.386 e. The molecule has 0 spiro atoms. The molecule has 2 rings (SSSR count). The maximum atomic E-state index is 12.6. The average Bonchev–Trinajstić information content (AvgIpc) is 2.83. The number of benzene rings is 2. The molecule has 0 heterocycles. The van der Waals surface area contributed by atoms with Crippen LogP contribution in [0.15, 0.2) is 48.5 Å². The van der Waals surface area contributed by atoms with E-state index in [2.05, 4.69) is 9.78 Å². The maximum Gasteiger partial charge on any atom is 0.386 e. The molecule has 0 aliphatic rings. The zero-order valence-electron chi connectivity index (χ0n) is 20.8. The summed E-state index contributed by atoms with van der Waals surface area (Å²) in [6.45, 7) is 7.89. The van der Waals surface area contributed by atoms with Crippen molar-refractivity contribution in [1.29, 1.82) is 0 Å². The van der Waals surface area contributed by atoms with E-state index in [4.69, 9.17) is 18.1 Å². The van der Waals surface area contributed by atoms with Gasteiger partial charge in [-0.25, -0.2) is 19.4 Å². The summed E-state index contributed by atoms with van der Waals surface area (Å²) >= 11 is 0. The highest BCUT2D eigenvalue weighted by Gasteiger charge is 2.25. The van der Waals surface area contributed by atoms with E-state index in [1.165, 1.54) is 24.3 Å². The zero-order valence-corrected chi connectivity index (χ0v) is 22.6. The minimum Gasteiger partial charge on any atom is -0.309 e. The van der Waals surface area contributed by atoms with E-state index in [0.29, 0.717) is 11.1 Å². The lowest BCUT2D eigenvalue weighted by atomic mass is 10.1. The van der Waals surface area contributed by atoms with Crippen molar-refractivity contribution >= 4 is 27.1 Å². The second kappa shape index (κ2) is 14.4. The lowest BCUT2D eigenvalue weighted by molar-refractivity contribution is -0.187. The standard InChI is InChI=1S/C24H32O10P2/c1-5-29-35(27,30-6-2)17-19-9-13-21(14-10-19)23(25)33-34-24(26)22-15-11-20(12-16-22)18-36(28,31-7-3)32-8-4/h9-16H,5-8,17-18H2,1-4H3. The average molecular weight is 542 g/mol. The predicted molar refractivity (Wildman–Crippen MR) is 133 cm³/mol. The first kappa shape index (κ1) is 29.9. The van der Waals surface area contributed by atoms with Crippen LogP contribution in [0, 0.1) is 0 Å². The fraction of sp³-hybridized carbons (Fsp3) is 0.417. The third-order valence-corrected chi connectivity index (χ3v) is 8.74. The Morgan fingerprint density at radius 2 is 0.833 bits per heavy atom. The first-order valence-electron chi connectivity index (χ1n) is 11.5. The predicted octanol–water partition coefficient (Wildman–Crippen LogP) is 6.15. The van der Waals surface area contributed by atoms with Crippen LogP contribution >= 0.6 is 15.2 Å². The first-order chi connectivity index (χ1) is 17.2. The summed E-state index contributed by atoms with van der Waals surface area (Å²) in [5, 5.41) is 0. The van der Waals surface area contributed by atoms with Crippen LogP contribution in [0.4, 0.5) is 0 Å². The third kappa shape index (κ3) is 9.28. The molecule has 198 valence electrons. The van der Waals surface area contributed by atoms with Gasteiger partial charge in [-0.05, 0) is 63.1 Å². The Kier molecular flexibility index (Phi) is 12.0. The first-order valence-corrected chi connectivity index (χ1v) is 15.0. The van der Waals surface area contributed by atoms with Crippen molar-refractivity contribution in [2.75, 3.05) is 26.4 Å². The Morgan fingerprint density at radius 3 is 1.08 bits per heavy atom. The molecule has 0 saturated heterocycles. The van der Waals surface area contributed by atoms with Crippen LogP contribution in [-0.2, 0) is 49.3 Å². The summed E-state index contributed by atoms with van der Waals surface area (Å²) in [6, 6.07) is 12.2. The third-order valence-electron chi connectivity index (χ3n) is 4.63. The van der Waals surface area contributed by atoms with E-state index in [9.17, 15) is 18.7 Å². The van der Waals surface area contributed by atoms with Crippen LogP contribution in [0.2, 0.25) is 0 Å². The van der Waals surface area contributed by atoms with Gasteiger partial charge >= 0.3 is 27.1 Å². The van der Waals surface area contributed by atoms with Gasteiger partial charge in [-0.2, -0.15) is 0 Å². The molecule has 0 aromatic heterocycles. The van der Waals surface area contributed by atoms with Gasteiger partial charge in [0.2, 0.25) is 0 Å². The van der Waals surface area contributed by atoms with Crippen LogP contribution in [-0.4, -0.2) is 38.4 Å². The van der Waals surface area contributed by atoms with Crippen molar-refractivity contribution in [3.63, 3.8) is 0 Å². The van der Waals surface area contributed by atoms with E-state index in [1.807, 2.05) is 0 Å². The topological polar surface area (TPSA) is 124 Å². The molecule has 0 bridgehead atoms. The lowest BCUT2D eigenvalue weighted by Crippen LogP contribution is -2.12. The second-order valence-electron chi connectivity index (χ2n) is 7.34. The molecule has 36 heavy (non-hydrogen) atoms. The molecule has 0 amide bonds. The Morgan fingerprint density at radius 1 is 0.556 bits per heavy atom. The molecule has 0 radical (unpaired) electrons. The van der Waals surface area contributed by atoms with E-state index >= 15 is 0 Å². The molecular formula is C24H32O10P2. The molecule has 0 aliphatic heterocycles. The summed E-state index contributed by atoms with van der Waals surface area (Å²) < 4.78 is 46.4. The summed E-state index contributed by atoms with van der Waals surface area (Å²) in [6.07, 6.45) is 0.110. The summed E-state index contributed by atoms with van der Waals surface area (Å²) in [4.78, 5) is 33.8. The highest BCUT2D eigenvalue weighted by molar-refractivity contribution is 7.53. The quantitative estimate of drug-likeness (QED) is 0.156. The molecule has 0 aliphatic carbocycles. The molecule has 0 saturated carbocycles. The number of hydrogen-bond donors (Lipinski definition) is 0. The van der Waals surface area contributed by atoms with E-state index in [-0.39, 0.29) is 49.9 Å². The number of hydrogen-bond acceptors (Lipinski definition) is 10. The Balaban J connectivity index is 1.93. The van der Waals surface area contributed by atoms with Gasteiger partial charge in [-0.3, -0.25) is 9.13 Å². The van der Waals surface area contributed by atoms with Gasteiger partial charge in [0, 0.05) is 0 Å². The van der Waals surface area contributed by atoms with Gasteiger partial charge in [0.15, 0.2) is 0 Å². The van der Waals surface area contributed by atoms with Crippen LogP contribution < -0.4 is 0 Å². The molecule has 2 aromatic rings. The van der Waals surface area contributed by atoms with Crippen molar-refractivity contribution in [3.05, 3.63) is 70.8 Å². The monoisotopic (exact) mass is 542 g/mol. The van der Waals surface area contributed by atoms with Crippen LogP contribution in [0.3, 0.4) is 0 Å². The van der Waals surface area contributed by atoms with Gasteiger partial charge in [-0.15, -0.1) is 0 Å². The second-order valence-corrected chi connectivity index (χ2v) is 11.5. The normalized spacial score (nSPS) is 11.8. The Hall–Kier alpha value is -2.32. The number of carbonyl (C=O) groups is 2. The summed E-state index contributed by atoms with van der Waals surface area (Å²) in [5.74, 6) is -1.75. The van der Waals surface area contributed by atoms with Crippen LogP contribution in [0.5, 0.6) is 0 Å². The molecule has 2 aromatic carbocycles. The molecule has 0 unspecified atom stereocenters. The zero-order chi connectivity index (χ0) is 26.6. The van der Waals surface area contributed by atoms with E-state index in [1.54, 1.807) is 52.0 Å². The fourth-order valence-corrected chi connectivity index (χ4v) is 6.56. The lowest BCUT2D eigenvalue weighted by Gasteiger charge is -2.17. The molecular weight excluding hydrogens is 510 g/mol. The summed E-state index contributed by atoms with van der Waals surface area (Å²) in [7, 11) is -6.56. The molecule has 0 fully saturated rings. The minimum atomic E-state index is -3.28. The smallest absolute Gasteiger partial charge is 0.309 e. The van der Waals surface area contributed by atoms with Crippen molar-refractivity contribution in [2.24, 2.45) is 0 Å². The van der Waals surface area contributed by atoms with Crippen molar-refractivity contribution in [3.8, 4) is 0 Å². The Bertz CT molecular complexity index is 976. The maximum absolute atomic E-state index is 12.6. The minimum absolute atomic E-state index is 0.0551. The fourth-order valence-electron chi connectivity index (χ4n) is 3.16. The Labute approximate surface area is 211 Å². The molecule has 0 N–H and O–H groups in total. The highest BCUT2D eigenvalue weighted by atomic mass is 31.2. The van der Waals surface area contributed by atoms with Gasteiger partial charge in [0.25, 0.3) is 0 Å². The highest BCUT2D eigenvalue weighted by Crippen LogP contribution is 2.52. The van der Waals surface area contributed by atoms with E-state index in [0.717, 1.165) is 0 Å². The van der Waals surface area contributed by atoms with E-state index < -0.39 is 27.1 Å². The number of rotatable bonds is 14. The molecule has 0 atom stereocenters. The summed E-state index contributed by atoms with van der Waals surface area (Å²) in [5.41, 5.74) is 1.55. The van der Waals surface area contributed by atoms with Gasteiger partial charge < -0.3 is 18.1 Å². The van der Waals surface area contributed by atoms with Gasteiger partial charge in [-0.1, -0.05) is 24.3 Å². The van der Waals surface area contributed by atoms with Crippen molar-refractivity contribution in [2.45, 2.75) is 40.0 Å². The van der Waals surface area contributed by atoms with Crippen molar-refractivity contribution < 1.29 is 46.6 Å². The molecule has 12 heteroatoms. The SMILES string of the molecule is CCOP(=O)(Cc1ccc(C(=O)OOC(=O)c2ccc(CP(=O)(OCC)OCC)cc2)cc1)OCC. The van der Waals surface area contributed by atoms with Crippen LogP contribution in [0.1, 0.15) is 59.5 Å². The van der Waals surface area contributed by atoms with Gasteiger partial charge in [0.1, 0.15) is 0 Å². The number of carbonyl (C=O) groups excluding carboxylic acids is 2. The molecule has 10 nitrogen and oxygen atoms in total. The van der Waals surface area contributed by atoms with Gasteiger partial charge in [0.05, 0.1) is 49.9 Å². The van der Waals surface area contributed by atoms with Crippen molar-refractivity contribution in [1.82, 2.24) is 0 Å². The van der Waals surface area contributed by atoms with Crippen LogP contribution in [0.25, 0.3) is 0 Å².